The van der Waals surface area contributed by atoms with E-state index in [9.17, 15) is 9.59 Å². The van der Waals surface area contributed by atoms with E-state index in [1.165, 1.54) is 11.9 Å². The summed E-state index contributed by atoms with van der Waals surface area (Å²) in [5.74, 6) is 1.07. The molecule has 0 bridgehead atoms. The van der Waals surface area contributed by atoms with Crippen LogP contribution >= 0.6 is 11.6 Å². The second-order valence-corrected chi connectivity index (χ2v) is 6.28. The summed E-state index contributed by atoms with van der Waals surface area (Å²) in [6, 6.07) is 12.3. The normalized spacial score (nSPS) is 13.0. The largest absolute Gasteiger partial charge is 0.457 e. The highest BCUT2D eigenvalue weighted by Gasteiger charge is 2.24. The number of para-hydroxylation sites is 1. The monoisotopic (exact) mass is 359 g/mol. The van der Waals surface area contributed by atoms with Crippen molar-refractivity contribution in [2.75, 3.05) is 13.6 Å². The van der Waals surface area contributed by atoms with E-state index in [4.69, 9.17) is 22.1 Å². The molecule has 0 spiro atoms. The zero-order chi connectivity index (χ0) is 18.0. The van der Waals surface area contributed by atoms with Gasteiger partial charge in [0.2, 0.25) is 5.91 Å². The number of primary amides is 1. The van der Waals surface area contributed by atoms with E-state index >= 15 is 0 Å². The second kappa shape index (κ2) is 7.03. The molecule has 0 saturated heterocycles. The minimum absolute atomic E-state index is 0.0991. The SMILES string of the molecule is CN(CC(=O)N1Cc2ccccc2Oc2cccc(Cl)c2C1)C(N)=O. The molecule has 130 valence electrons. The summed E-state index contributed by atoms with van der Waals surface area (Å²) < 4.78 is 6.00. The number of hydrogen-bond acceptors (Lipinski definition) is 3. The van der Waals surface area contributed by atoms with Crippen molar-refractivity contribution >= 4 is 23.5 Å². The molecule has 1 aliphatic heterocycles. The molecule has 0 aliphatic carbocycles. The number of nitrogens with zero attached hydrogens (tertiary/aromatic N) is 2. The molecule has 6 nitrogen and oxygen atoms in total. The summed E-state index contributed by atoms with van der Waals surface area (Å²) in [5, 5.41) is 0.526. The highest BCUT2D eigenvalue weighted by atomic mass is 35.5. The van der Waals surface area contributed by atoms with E-state index in [2.05, 4.69) is 0 Å². The third-order valence-electron chi connectivity index (χ3n) is 4.08. The Bertz CT molecular complexity index is 825. The maximum atomic E-state index is 12.7. The van der Waals surface area contributed by atoms with Gasteiger partial charge in [0, 0.05) is 29.7 Å². The van der Waals surface area contributed by atoms with E-state index < -0.39 is 6.03 Å². The standard InChI is InChI=1S/C18H18ClN3O3/c1-21(18(20)24)11-17(23)22-9-12-5-2-3-7-15(12)25-16-8-4-6-14(19)13(16)10-22/h2-8H,9-11H2,1H3,(H2,20,24). The van der Waals surface area contributed by atoms with Gasteiger partial charge in [-0.1, -0.05) is 35.9 Å². The molecule has 2 aromatic carbocycles. The van der Waals surface area contributed by atoms with Crippen molar-refractivity contribution in [1.82, 2.24) is 9.80 Å². The lowest BCUT2D eigenvalue weighted by molar-refractivity contribution is -0.132. The van der Waals surface area contributed by atoms with E-state index in [0.717, 1.165) is 11.1 Å². The van der Waals surface area contributed by atoms with Crippen LogP contribution in [-0.2, 0) is 17.9 Å². The molecule has 0 fully saturated rings. The number of benzene rings is 2. The van der Waals surface area contributed by atoms with Gasteiger partial charge in [-0.2, -0.15) is 0 Å². The summed E-state index contributed by atoms with van der Waals surface area (Å²) in [4.78, 5) is 26.8. The number of hydrogen-bond donors (Lipinski definition) is 1. The third kappa shape index (κ3) is 3.69. The predicted octanol–water partition coefficient (Wildman–Crippen LogP) is 2.99. The molecule has 7 heteroatoms. The zero-order valence-corrected chi connectivity index (χ0v) is 14.5. The van der Waals surface area contributed by atoms with Crippen molar-refractivity contribution in [3.8, 4) is 11.5 Å². The van der Waals surface area contributed by atoms with Crippen LogP contribution in [0, 0.1) is 0 Å². The molecule has 1 heterocycles. The van der Waals surface area contributed by atoms with Crippen molar-refractivity contribution in [3.63, 3.8) is 0 Å². The molecule has 0 radical (unpaired) electrons. The lowest BCUT2D eigenvalue weighted by Gasteiger charge is -2.29. The smallest absolute Gasteiger partial charge is 0.314 e. The highest BCUT2D eigenvalue weighted by Crippen LogP contribution is 2.36. The molecule has 1 aliphatic rings. The number of amides is 3. The lowest BCUT2D eigenvalue weighted by Crippen LogP contribution is -2.42. The van der Waals surface area contributed by atoms with Crippen LogP contribution in [0.4, 0.5) is 4.79 Å². The summed E-state index contributed by atoms with van der Waals surface area (Å²) in [6.07, 6.45) is 0. The van der Waals surface area contributed by atoms with Crippen molar-refractivity contribution in [1.29, 1.82) is 0 Å². The number of fused-ring (bicyclic) bond motifs is 2. The van der Waals surface area contributed by atoms with Crippen LogP contribution in [0.15, 0.2) is 42.5 Å². The van der Waals surface area contributed by atoms with Gasteiger partial charge < -0.3 is 20.3 Å². The van der Waals surface area contributed by atoms with Gasteiger partial charge in [0.1, 0.15) is 18.0 Å². The number of carbonyl (C=O) groups excluding carboxylic acids is 2. The summed E-state index contributed by atoms with van der Waals surface area (Å²) in [5.41, 5.74) is 6.83. The molecular weight excluding hydrogens is 342 g/mol. The first-order chi connectivity index (χ1) is 12.0. The minimum atomic E-state index is -0.650. The van der Waals surface area contributed by atoms with Gasteiger partial charge in [-0.05, 0) is 18.2 Å². The number of carbonyl (C=O) groups is 2. The average molecular weight is 360 g/mol. The molecule has 0 aromatic heterocycles. The van der Waals surface area contributed by atoms with E-state index in [1.54, 1.807) is 17.0 Å². The number of halogens is 1. The second-order valence-electron chi connectivity index (χ2n) is 5.87. The average Bonchev–Trinajstić information content (AvgIpc) is 2.55. The van der Waals surface area contributed by atoms with Crippen LogP contribution in [-0.4, -0.2) is 35.3 Å². The third-order valence-corrected chi connectivity index (χ3v) is 4.43. The van der Waals surface area contributed by atoms with Crippen molar-refractivity contribution in [2.45, 2.75) is 13.1 Å². The number of rotatable bonds is 2. The Labute approximate surface area is 150 Å². The highest BCUT2D eigenvalue weighted by molar-refractivity contribution is 6.31. The summed E-state index contributed by atoms with van der Waals surface area (Å²) in [7, 11) is 1.49. The fraction of sp³-hybridized carbons (Fsp3) is 0.222. The van der Waals surface area contributed by atoms with Crippen LogP contribution in [0.3, 0.4) is 0 Å². The van der Waals surface area contributed by atoms with Gasteiger partial charge in [0.25, 0.3) is 0 Å². The number of ether oxygens (including phenoxy) is 1. The molecule has 2 aromatic rings. The van der Waals surface area contributed by atoms with Crippen LogP contribution in [0.25, 0.3) is 0 Å². The molecule has 0 atom stereocenters. The van der Waals surface area contributed by atoms with E-state index in [-0.39, 0.29) is 19.0 Å². The van der Waals surface area contributed by atoms with Gasteiger partial charge in [-0.15, -0.1) is 0 Å². The summed E-state index contributed by atoms with van der Waals surface area (Å²) in [6.45, 7) is 0.541. The van der Waals surface area contributed by atoms with Crippen LogP contribution in [0.2, 0.25) is 5.02 Å². The Balaban J connectivity index is 1.98. The molecule has 3 amide bonds. The first-order valence-electron chi connectivity index (χ1n) is 7.77. The number of likely N-dealkylation sites (N-methyl/N-ethyl adjacent to an activating group) is 1. The maximum absolute atomic E-state index is 12.7. The van der Waals surface area contributed by atoms with Crippen molar-refractivity contribution < 1.29 is 14.3 Å². The Morgan fingerprint density at radius 2 is 1.88 bits per heavy atom. The molecule has 3 rings (SSSR count). The van der Waals surface area contributed by atoms with Gasteiger partial charge in [0.15, 0.2) is 0 Å². The molecule has 0 unspecified atom stereocenters. The van der Waals surface area contributed by atoms with Crippen molar-refractivity contribution in [2.24, 2.45) is 5.73 Å². The lowest BCUT2D eigenvalue weighted by atomic mass is 10.1. The Kier molecular flexibility index (Phi) is 4.81. The first-order valence-corrected chi connectivity index (χ1v) is 8.15. The first kappa shape index (κ1) is 17.1. The van der Waals surface area contributed by atoms with E-state index in [1.807, 2.05) is 30.3 Å². The van der Waals surface area contributed by atoms with Gasteiger partial charge in [-0.25, -0.2) is 4.79 Å². The van der Waals surface area contributed by atoms with Crippen LogP contribution in [0.5, 0.6) is 11.5 Å². The number of nitrogens with two attached hydrogens (primary N) is 1. The molecule has 25 heavy (non-hydrogen) atoms. The van der Waals surface area contributed by atoms with Crippen molar-refractivity contribution in [3.05, 3.63) is 58.6 Å². The van der Waals surface area contributed by atoms with E-state index in [0.29, 0.717) is 23.1 Å². The predicted molar refractivity (Wildman–Crippen MR) is 94.4 cm³/mol. The fourth-order valence-electron chi connectivity index (χ4n) is 2.65. The summed E-state index contributed by atoms with van der Waals surface area (Å²) >= 11 is 6.32. The molecule has 0 saturated carbocycles. The topological polar surface area (TPSA) is 75.9 Å². The quantitative estimate of drug-likeness (QED) is 0.895. The fourth-order valence-corrected chi connectivity index (χ4v) is 2.88. The molecular formula is C18H18ClN3O3. The minimum Gasteiger partial charge on any atom is -0.457 e. The zero-order valence-electron chi connectivity index (χ0n) is 13.7. The van der Waals surface area contributed by atoms with Crippen LogP contribution in [0.1, 0.15) is 11.1 Å². The Hall–Kier alpha value is -2.73. The maximum Gasteiger partial charge on any atom is 0.314 e. The van der Waals surface area contributed by atoms with Gasteiger partial charge >= 0.3 is 6.03 Å². The molecule has 2 N–H and O–H groups in total. The number of urea groups is 1. The Morgan fingerprint density at radius 1 is 1.16 bits per heavy atom. The van der Waals surface area contributed by atoms with Gasteiger partial charge in [-0.3, -0.25) is 4.79 Å². The van der Waals surface area contributed by atoms with Gasteiger partial charge in [0.05, 0.1) is 6.54 Å². The Morgan fingerprint density at radius 3 is 2.64 bits per heavy atom. The van der Waals surface area contributed by atoms with Crippen LogP contribution < -0.4 is 10.5 Å².